The van der Waals surface area contributed by atoms with Crippen LogP contribution in [-0.4, -0.2) is 30.3 Å². The first-order valence-corrected chi connectivity index (χ1v) is 9.50. The summed E-state index contributed by atoms with van der Waals surface area (Å²) in [6.45, 7) is 1.95. The quantitative estimate of drug-likeness (QED) is 0.726. The zero-order valence-electron chi connectivity index (χ0n) is 16.4. The van der Waals surface area contributed by atoms with E-state index < -0.39 is 5.92 Å². The Kier molecular flexibility index (Phi) is 5.04. The summed E-state index contributed by atoms with van der Waals surface area (Å²) in [6.07, 6.45) is 0. The Balaban J connectivity index is 1.54. The van der Waals surface area contributed by atoms with Crippen molar-refractivity contribution in [1.29, 1.82) is 0 Å². The number of ether oxygens (including phenoxy) is 1. The van der Waals surface area contributed by atoms with Crippen LogP contribution in [0, 0.1) is 6.92 Å². The molecule has 1 aliphatic rings. The van der Waals surface area contributed by atoms with Crippen molar-refractivity contribution in [3.8, 4) is 11.5 Å². The molecule has 0 saturated heterocycles. The van der Waals surface area contributed by atoms with Crippen molar-refractivity contribution < 1.29 is 14.3 Å². The number of nitrogens with zero attached hydrogens (tertiary/aromatic N) is 1. The molecule has 3 aromatic rings. The minimum Gasteiger partial charge on any atom is -0.457 e. The Morgan fingerprint density at radius 1 is 0.897 bits per heavy atom. The van der Waals surface area contributed by atoms with Crippen LogP contribution in [0.5, 0.6) is 11.5 Å². The van der Waals surface area contributed by atoms with Crippen molar-refractivity contribution in [2.75, 3.05) is 18.9 Å². The van der Waals surface area contributed by atoms with Gasteiger partial charge in [-0.05, 0) is 31.2 Å². The average molecular weight is 386 g/mol. The van der Waals surface area contributed by atoms with E-state index in [1.807, 2.05) is 79.7 Å². The molecular formula is C24H22N2O3. The van der Waals surface area contributed by atoms with Crippen LogP contribution in [0.25, 0.3) is 0 Å². The Morgan fingerprint density at radius 2 is 1.45 bits per heavy atom. The molecule has 5 heteroatoms. The Hall–Kier alpha value is -3.60. The fraction of sp³-hybridized carbons (Fsp3) is 0.167. The molecule has 0 aliphatic carbocycles. The number of benzene rings is 3. The number of nitrogens with one attached hydrogen (secondary N) is 1. The molecule has 3 aromatic carbocycles. The lowest BCUT2D eigenvalue weighted by atomic mass is 9.87. The van der Waals surface area contributed by atoms with Gasteiger partial charge in [-0.25, -0.2) is 0 Å². The number of carbonyl (C=O) groups excluding carboxylic acids is 2. The van der Waals surface area contributed by atoms with E-state index in [0.29, 0.717) is 17.2 Å². The minimum absolute atomic E-state index is 0.0333. The van der Waals surface area contributed by atoms with Gasteiger partial charge in [0.05, 0.1) is 12.5 Å². The van der Waals surface area contributed by atoms with Gasteiger partial charge in [0.15, 0.2) is 0 Å². The lowest BCUT2D eigenvalue weighted by molar-refractivity contribution is -0.134. The van der Waals surface area contributed by atoms with Crippen LogP contribution in [-0.2, 0) is 9.59 Å². The van der Waals surface area contributed by atoms with Gasteiger partial charge in [0.1, 0.15) is 11.5 Å². The largest absolute Gasteiger partial charge is 0.457 e. The second-order valence-electron chi connectivity index (χ2n) is 7.22. The monoisotopic (exact) mass is 386 g/mol. The first kappa shape index (κ1) is 18.7. The summed E-state index contributed by atoms with van der Waals surface area (Å²) in [5, 5.41) is 2.84. The smallest absolute Gasteiger partial charge is 0.243 e. The average Bonchev–Trinajstić information content (AvgIpc) is 2.73. The summed E-state index contributed by atoms with van der Waals surface area (Å²) in [5.74, 6) is 0.447. The minimum atomic E-state index is -0.506. The van der Waals surface area contributed by atoms with E-state index in [4.69, 9.17) is 4.74 Å². The molecule has 0 spiro atoms. The van der Waals surface area contributed by atoms with Crippen molar-refractivity contribution in [2.24, 2.45) is 0 Å². The van der Waals surface area contributed by atoms with Gasteiger partial charge in [0.25, 0.3) is 0 Å². The number of hydrogen-bond acceptors (Lipinski definition) is 3. The molecule has 146 valence electrons. The zero-order chi connectivity index (χ0) is 20.4. The molecule has 0 unspecified atom stereocenters. The van der Waals surface area contributed by atoms with Crippen LogP contribution in [0.15, 0.2) is 72.8 Å². The molecule has 1 N–H and O–H groups in total. The number of hydrogen-bond donors (Lipinski definition) is 1. The predicted molar refractivity (Wildman–Crippen MR) is 112 cm³/mol. The van der Waals surface area contributed by atoms with Crippen molar-refractivity contribution in [2.45, 2.75) is 12.8 Å². The van der Waals surface area contributed by atoms with Crippen LogP contribution in [0.1, 0.15) is 22.6 Å². The van der Waals surface area contributed by atoms with Gasteiger partial charge in [0, 0.05) is 23.9 Å². The Labute approximate surface area is 169 Å². The third kappa shape index (κ3) is 3.85. The predicted octanol–water partition coefficient (Wildman–Crippen LogP) is 4.33. The lowest BCUT2D eigenvalue weighted by Gasteiger charge is -2.30. The molecule has 0 fully saturated rings. The Bertz CT molecular complexity index is 1010. The van der Waals surface area contributed by atoms with Crippen LogP contribution in [0.2, 0.25) is 0 Å². The van der Waals surface area contributed by atoms with Gasteiger partial charge in [-0.1, -0.05) is 54.1 Å². The fourth-order valence-corrected chi connectivity index (χ4v) is 3.53. The first-order chi connectivity index (χ1) is 14.0. The summed E-state index contributed by atoms with van der Waals surface area (Å²) in [5.41, 5.74) is 3.44. The molecule has 29 heavy (non-hydrogen) atoms. The van der Waals surface area contributed by atoms with E-state index in [2.05, 4.69) is 5.32 Å². The topological polar surface area (TPSA) is 58.6 Å². The highest BCUT2D eigenvalue weighted by atomic mass is 16.5. The molecule has 1 aliphatic heterocycles. The van der Waals surface area contributed by atoms with E-state index in [1.54, 1.807) is 7.05 Å². The van der Waals surface area contributed by atoms with E-state index in [9.17, 15) is 9.59 Å². The number of rotatable bonds is 4. The number of amides is 2. The summed E-state index contributed by atoms with van der Waals surface area (Å²) in [4.78, 5) is 27.3. The molecular weight excluding hydrogens is 364 g/mol. The van der Waals surface area contributed by atoms with Gasteiger partial charge >= 0.3 is 0 Å². The van der Waals surface area contributed by atoms with Crippen molar-refractivity contribution >= 4 is 17.5 Å². The normalized spacial score (nSPS) is 12.3. The summed E-state index contributed by atoms with van der Waals surface area (Å²) in [6, 6.07) is 22.6. The third-order valence-corrected chi connectivity index (χ3v) is 5.02. The SMILES string of the molecule is Cc1ccc(NC(=O)CN(C)C(=O)C2c3ccccc3Oc3ccccc32)cc1. The maximum Gasteiger partial charge on any atom is 0.243 e. The van der Waals surface area contributed by atoms with E-state index in [0.717, 1.165) is 16.7 Å². The fourth-order valence-electron chi connectivity index (χ4n) is 3.53. The number of likely N-dealkylation sites (N-methyl/N-ethyl adjacent to an activating group) is 1. The molecule has 5 nitrogen and oxygen atoms in total. The standard InChI is InChI=1S/C24H22N2O3/c1-16-11-13-17(14-12-16)25-22(27)15-26(2)24(28)23-18-7-3-5-9-20(18)29-21-10-6-4-8-19(21)23/h3-14,23H,15H2,1-2H3,(H,25,27). The summed E-state index contributed by atoms with van der Waals surface area (Å²) >= 11 is 0. The maximum absolute atomic E-state index is 13.3. The number of para-hydroxylation sites is 2. The van der Waals surface area contributed by atoms with Gasteiger partial charge in [-0.3, -0.25) is 9.59 Å². The van der Waals surface area contributed by atoms with Crippen molar-refractivity contribution in [3.05, 3.63) is 89.5 Å². The number of carbonyl (C=O) groups is 2. The van der Waals surface area contributed by atoms with E-state index in [-0.39, 0.29) is 18.4 Å². The third-order valence-electron chi connectivity index (χ3n) is 5.02. The number of anilines is 1. The van der Waals surface area contributed by atoms with E-state index in [1.165, 1.54) is 4.90 Å². The Morgan fingerprint density at radius 3 is 2.03 bits per heavy atom. The first-order valence-electron chi connectivity index (χ1n) is 9.50. The number of aryl methyl sites for hydroxylation is 1. The highest BCUT2D eigenvalue weighted by Crippen LogP contribution is 2.44. The van der Waals surface area contributed by atoms with Crippen LogP contribution < -0.4 is 10.1 Å². The molecule has 0 radical (unpaired) electrons. The molecule has 0 aromatic heterocycles. The maximum atomic E-state index is 13.3. The van der Waals surface area contributed by atoms with Gasteiger partial charge in [-0.2, -0.15) is 0 Å². The molecule has 1 heterocycles. The van der Waals surface area contributed by atoms with Crippen LogP contribution >= 0.6 is 0 Å². The van der Waals surface area contributed by atoms with Crippen molar-refractivity contribution in [1.82, 2.24) is 4.90 Å². The zero-order valence-corrected chi connectivity index (χ0v) is 16.4. The van der Waals surface area contributed by atoms with Crippen LogP contribution in [0.4, 0.5) is 5.69 Å². The molecule has 2 amide bonds. The molecule has 4 rings (SSSR count). The molecule has 0 bridgehead atoms. The second kappa shape index (κ2) is 7.80. The lowest BCUT2D eigenvalue weighted by Crippen LogP contribution is -2.38. The van der Waals surface area contributed by atoms with Crippen LogP contribution in [0.3, 0.4) is 0 Å². The van der Waals surface area contributed by atoms with Gasteiger partial charge < -0.3 is 15.0 Å². The summed E-state index contributed by atoms with van der Waals surface area (Å²) in [7, 11) is 1.65. The second-order valence-corrected chi connectivity index (χ2v) is 7.22. The molecule has 0 saturated carbocycles. The highest BCUT2D eigenvalue weighted by molar-refractivity contribution is 5.96. The summed E-state index contributed by atoms with van der Waals surface area (Å²) < 4.78 is 5.96. The number of fused-ring (bicyclic) bond motifs is 2. The highest BCUT2D eigenvalue weighted by Gasteiger charge is 2.34. The van der Waals surface area contributed by atoms with Gasteiger partial charge in [-0.15, -0.1) is 0 Å². The van der Waals surface area contributed by atoms with Gasteiger partial charge in [0.2, 0.25) is 11.8 Å². The van der Waals surface area contributed by atoms with Crippen molar-refractivity contribution in [3.63, 3.8) is 0 Å². The van der Waals surface area contributed by atoms with E-state index >= 15 is 0 Å². The molecule has 0 atom stereocenters.